The van der Waals surface area contributed by atoms with E-state index in [-0.39, 0.29) is 11.3 Å². The van der Waals surface area contributed by atoms with E-state index in [4.69, 9.17) is 10.8 Å². The minimum Gasteiger partial charge on any atom is -0.478 e. The number of benzene rings is 1. The largest absolute Gasteiger partial charge is 0.478 e. The number of rotatable bonds is 3. The lowest BCUT2D eigenvalue weighted by Crippen LogP contribution is -2.05. The van der Waals surface area contributed by atoms with Crippen molar-refractivity contribution in [2.75, 3.05) is 5.73 Å². The number of carboxylic acid groups (broad SMARTS) is 1. The molecule has 0 atom stereocenters. The Kier molecular flexibility index (Phi) is 4.08. The van der Waals surface area contributed by atoms with Gasteiger partial charge in [-0.15, -0.1) is 0 Å². The number of alkyl halides is 3. The fourth-order valence-corrected chi connectivity index (χ4v) is 2.33. The lowest BCUT2D eigenvalue weighted by atomic mass is 10.2. The van der Waals surface area contributed by atoms with Crippen molar-refractivity contribution in [1.29, 1.82) is 0 Å². The molecule has 0 aliphatic heterocycles. The summed E-state index contributed by atoms with van der Waals surface area (Å²) in [5, 5.41) is 9.20. The van der Waals surface area contributed by atoms with Crippen LogP contribution in [0, 0.1) is 0 Å². The van der Waals surface area contributed by atoms with Gasteiger partial charge < -0.3 is 10.8 Å². The predicted octanol–water partition coefficient (Wildman–Crippen LogP) is 3.53. The Morgan fingerprint density at radius 2 is 1.95 bits per heavy atom. The molecule has 1 aromatic carbocycles. The summed E-state index contributed by atoms with van der Waals surface area (Å²) in [6, 6.07) is 6.47. The van der Waals surface area contributed by atoms with Crippen LogP contribution in [0.15, 0.2) is 46.5 Å². The maximum Gasteiger partial charge on any atom is 0.417 e. The van der Waals surface area contributed by atoms with Crippen LogP contribution < -0.4 is 5.73 Å². The zero-order valence-electron chi connectivity index (χ0n) is 10.4. The number of aromatic nitrogens is 1. The molecule has 2 aromatic rings. The molecule has 4 nitrogen and oxygen atoms in total. The van der Waals surface area contributed by atoms with Crippen LogP contribution in [0.1, 0.15) is 15.9 Å². The average Bonchev–Trinajstić information content (AvgIpc) is 2.38. The van der Waals surface area contributed by atoms with Crippen LogP contribution in [0.25, 0.3) is 0 Å². The summed E-state index contributed by atoms with van der Waals surface area (Å²) in [6.07, 6.45) is -3.68. The second-order valence-electron chi connectivity index (χ2n) is 4.04. The molecule has 8 heteroatoms. The number of nitrogens with two attached hydrogens (primary N) is 1. The van der Waals surface area contributed by atoms with Crippen LogP contribution in [0.3, 0.4) is 0 Å². The predicted molar refractivity (Wildman–Crippen MR) is 71.2 cm³/mol. The third kappa shape index (κ3) is 3.66. The molecule has 2 rings (SSSR count). The van der Waals surface area contributed by atoms with Crippen LogP contribution in [0.4, 0.5) is 18.9 Å². The number of nitrogens with zero attached hydrogens (tertiary/aromatic N) is 1. The normalized spacial score (nSPS) is 11.4. The Balaban J connectivity index is 2.19. The van der Waals surface area contributed by atoms with E-state index in [1.807, 2.05) is 0 Å². The summed E-state index contributed by atoms with van der Waals surface area (Å²) >= 11 is 1.09. The second-order valence-corrected chi connectivity index (χ2v) is 5.13. The van der Waals surface area contributed by atoms with Crippen molar-refractivity contribution in [2.45, 2.75) is 16.1 Å². The average molecular weight is 314 g/mol. The summed E-state index contributed by atoms with van der Waals surface area (Å²) < 4.78 is 37.2. The van der Waals surface area contributed by atoms with Crippen molar-refractivity contribution < 1.29 is 23.1 Å². The summed E-state index contributed by atoms with van der Waals surface area (Å²) in [7, 11) is 0. The number of pyridine rings is 1. The Morgan fingerprint density at radius 1 is 1.24 bits per heavy atom. The molecular formula is C13H9F3N2O2S. The van der Waals surface area contributed by atoms with Gasteiger partial charge in [-0.05, 0) is 30.3 Å². The van der Waals surface area contributed by atoms with Gasteiger partial charge in [-0.25, -0.2) is 9.78 Å². The number of carbonyl (C=O) groups is 1. The fraction of sp³-hybridized carbons (Fsp3) is 0.0769. The first-order valence-corrected chi connectivity index (χ1v) is 6.43. The zero-order valence-corrected chi connectivity index (χ0v) is 11.2. The number of aromatic carboxylic acids is 1. The van der Waals surface area contributed by atoms with E-state index >= 15 is 0 Å². The Morgan fingerprint density at radius 3 is 2.43 bits per heavy atom. The number of carboxylic acids is 1. The highest BCUT2D eigenvalue weighted by atomic mass is 32.2. The fourth-order valence-electron chi connectivity index (χ4n) is 1.53. The molecule has 0 aliphatic rings. The number of halogens is 3. The molecule has 0 radical (unpaired) electrons. The van der Waals surface area contributed by atoms with Crippen molar-refractivity contribution in [2.24, 2.45) is 0 Å². The van der Waals surface area contributed by atoms with Crippen LogP contribution in [-0.4, -0.2) is 16.1 Å². The third-order valence-electron chi connectivity index (χ3n) is 2.54. The topological polar surface area (TPSA) is 76.2 Å². The minimum atomic E-state index is -4.43. The summed E-state index contributed by atoms with van der Waals surface area (Å²) in [4.78, 5) is 15.1. The van der Waals surface area contributed by atoms with E-state index < -0.39 is 17.7 Å². The molecule has 3 N–H and O–H groups in total. The monoisotopic (exact) mass is 314 g/mol. The molecule has 0 saturated carbocycles. The molecule has 0 spiro atoms. The maximum absolute atomic E-state index is 12.4. The quantitative estimate of drug-likeness (QED) is 0.848. The van der Waals surface area contributed by atoms with Gasteiger partial charge in [0, 0.05) is 16.8 Å². The van der Waals surface area contributed by atoms with E-state index in [9.17, 15) is 18.0 Å². The van der Waals surface area contributed by atoms with Gasteiger partial charge in [0.25, 0.3) is 0 Å². The van der Waals surface area contributed by atoms with E-state index in [0.29, 0.717) is 9.92 Å². The number of anilines is 1. The van der Waals surface area contributed by atoms with Crippen LogP contribution in [-0.2, 0) is 6.18 Å². The van der Waals surface area contributed by atoms with Gasteiger partial charge in [0.2, 0.25) is 0 Å². The van der Waals surface area contributed by atoms with Crippen molar-refractivity contribution >= 4 is 23.4 Å². The SMILES string of the molecule is Nc1cc(Sc2ccc(C(F)(F)F)cn2)ccc1C(=O)O. The van der Waals surface area contributed by atoms with Gasteiger partial charge in [-0.1, -0.05) is 11.8 Å². The molecule has 1 aromatic heterocycles. The lowest BCUT2D eigenvalue weighted by Gasteiger charge is -2.07. The molecule has 0 amide bonds. The summed E-state index contributed by atoms with van der Waals surface area (Å²) in [5.74, 6) is -1.14. The molecule has 21 heavy (non-hydrogen) atoms. The van der Waals surface area contributed by atoms with E-state index in [1.54, 1.807) is 0 Å². The van der Waals surface area contributed by atoms with Crippen LogP contribution in [0.5, 0.6) is 0 Å². The van der Waals surface area contributed by atoms with Crippen molar-refractivity contribution in [3.8, 4) is 0 Å². The Labute approximate surface area is 121 Å². The van der Waals surface area contributed by atoms with Crippen molar-refractivity contribution in [1.82, 2.24) is 4.98 Å². The maximum atomic E-state index is 12.4. The van der Waals surface area contributed by atoms with E-state index in [2.05, 4.69) is 4.98 Å². The molecule has 110 valence electrons. The Bertz CT molecular complexity index is 672. The number of nitrogen functional groups attached to an aromatic ring is 1. The number of hydrogen-bond donors (Lipinski definition) is 2. The highest BCUT2D eigenvalue weighted by Crippen LogP contribution is 2.32. The first-order chi connectivity index (χ1) is 9.77. The molecule has 0 bridgehead atoms. The number of hydrogen-bond acceptors (Lipinski definition) is 4. The van der Waals surface area contributed by atoms with Gasteiger partial charge in [0.15, 0.2) is 0 Å². The van der Waals surface area contributed by atoms with E-state index in [0.717, 1.165) is 24.0 Å². The highest BCUT2D eigenvalue weighted by Gasteiger charge is 2.30. The summed E-state index contributed by atoms with van der Waals surface area (Å²) in [5.41, 5.74) is 4.82. The Hall–Kier alpha value is -2.22. The highest BCUT2D eigenvalue weighted by molar-refractivity contribution is 7.99. The third-order valence-corrected chi connectivity index (χ3v) is 3.48. The minimum absolute atomic E-state index is 0.0280. The molecular weight excluding hydrogens is 305 g/mol. The van der Waals surface area contributed by atoms with Crippen LogP contribution >= 0.6 is 11.8 Å². The smallest absolute Gasteiger partial charge is 0.417 e. The molecule has 0 unspecified atom stereocenters. The van der Waals surface area contributed by atoms with Crippen molar-refractivity contribution in [3.05, 3.63) is 47.7 Å². The molecule has 0 aliphatic carbocycles. The van der Waals surface area contributed by atoms with Crippen molar-refractivity contribution in [3.63, 3.8) is 0 Å². The standard InChI is InChI=1S/C13H9F3N2O2S/c14-13(15,16)7-1-4-11(18-6-7)21-8-2-3-9(12(19)20)10(17)5-8/h1-6H,17H2,(H,19,20). The zero-order chi connectivity index (χ0) is 15.6. The summed E-state index contributed by atoms with van der Waals surface area (Å²) in [6.45, 7) is 0. The van der Waals surface area contributed by atoms with Gasteiger partial charge in [-0.2, -0.15) is 13.2 Å². The van der Waals surface area contributed by atoms with E-state index in [1.165, 1.54) is 24.3 Å². The second kappa shape index (κ2) is 5.65. The lowest BCUT2D eigenvalue weighted by molar-refractivity contribution is -0.137. The van der Waals surface area contributed by atoms with Gasteiger partial charge in [0.05, 0.1) is 11.1 Å². The molecule has 0 saturated heterocycles. The van der Waals surface area contributed by atoms with Gasteiger partial charge in [0.1, 0.15) is 5.03 Å². The van der Waals surface area contributed by atoms with Crippen LogP contribution in [0.2, 0.25) is 0 Å². The molecule has 1 heterocycles. The van der Waals surface area contributed by atoms with Gasteiger partial charge >= 0.3 is 12.1 Å². The molecule has 0 fully saturated rings. The van der Waals surface area contributed by atoms with Gasteiger partial charge in [-0.3, -0.25) is 0 Å². The first kappa shape index (κ1) is 15.2. The first-order valence-electron chi connectivity index (χ1n) is 5.61.